The predicted octanol–water partition coefficient (Wildman–Crippen LogP) is 1.74. The summed E-state index contributed by atoms with van der Waals surface area (Å²) in [5, 5.41) is 2.46. The molecule has 3 rings (SSSR count). The maximum Gasteiger partial charge on any atom is 0.573 e. The number of hydrogen-bond acceptors (Lipinski definition) is 4. The van der Waals surface area contributed by atoms with Gasteiger partial charge >= 0.3 is 12.4 Å². The van der Waals surface area contributed by atoms with E-state index in [1.165, 1.54) is 17.0 Å². The van der Waals surface area contributed by atoms with Crippen LogP contribution in [0.5, 0.6) is 5.75 Å². The number of likely N-dealkylation sites (tertiary alicyclic amines) is 1. The van der Waals surface area contributed by atoms with Gasteiger partial charge in [0.15, 0.2) is 0 Å². The lowest BCUT2D eigenvalue weighted by Crippen LogP contribution is -2.49. The first-order valence-corrected chi connectivity index (χ1v) is 7.99. The predicted molar refractivity (Wildman–Crippen MR) is 82.3 cm³/mol. The molecule has 0 saturated carbocycles. The van der Waals surface area contributed by atoms with Gasteiger partial charge in [-0.05, 0) is 37.1 Å². The van der Waals surface area contributed by atoms with E-state index in [2.05, 4.69) is 10.1 Å². The van der Waals surface area contributed by atoms with E-state index >= 15 is 0 Å². The molecular weight excluding hydrogens is 355 g/mol. The lowest BCUT2D eigenvalue weighted by atomic mass is 10.0. The Kier molecular flexibility index (Phi) is 4.75. The zero-order valence-corrected chi connectivity index (χ0v) is 13.6. The quantitative estimate of drug-likeness (QED) is 0.821. The van der Waals surface area contributed by atoms with Crippen LogP contribution in [0, 0.1) is 0 Å². The van der Waals surface area contributed by atoms with Crippen LogP contribution in [0.25, 0.3) is 0 Å². The monoisotopic (exact) mass is 371 g/mol. The molecule has 10 heteroatoms. The van der Waals surface area contributed by atoms with E-state index in [9.17, 15) is 27.6 Å². The number of benzene rings is 1. The van der Waals surface area contributed by atoms with Crippen LogP contribution >= 0.6 is 0 Å². The van der Waals surface area contributed by atoms with Gasteiger partial charge in [0.1, 0.15) is 5.75 Å². The van der Waals surface area contributed by atoms with E-state index in [0.717, 1.165) is 12.1 Å². The minimum Gasteiger partial charge on any atom is -0.406 e. The standard InChI is InChI=1S/C16H16F3N3O4/c17-16(18,19)26-12-3-1-10(2-4-12)14(24)21-7-5-11(6-8-21)22-13(23)9-20-15(22)25/h1-4,11H,5-9H2,(H,20,25). The summed E-state index contributed by atoms with van der Waals surface area (Å²) in [6.45, 7) is 0.688. The number of rotatable bonds is 3. The van der Waals surface area contributed by atoms with Crippen molar-refractivity contribution in [3.05, 3.63) is 29.8 Å². The van der Waals surface area contributed by atoms with Gasteiger partial charge in [0.25, 0.3) is 5.91 Å². The maximum atomic E-state index is 12.5. The third-order valence-electron chi connectivity index (χ3n) is 4.33. The van der Waals surface area contributed by atoms with Crippen LogP contribution in [0.3, 0.4) is 0 Å². The Hall–Kier alpha value is -2.78. The van der Waals surface area contributed by atoms with Gasteiger partial charge in [-0.2, -0.15) is 0 Å². The topological polar surface area (TPSA) is 79.0 Å². The van der Waals surface area contributed by atoms with Crippen molar-refractivity contribution in [3.63, 3.8) is 0 Å². The average Bonchev–Trinajstić information content (AvgIpc) is 2.92. The van der Waals surface area contributed by atoms with Gasteiger partial charge in [0.05, 0.1) is 6.54 Å². The van der Waals surface area contributed by atoms with Crippen molar-refractivity contribution in [2.75, 3.05) is 19.6 Å². The molecule has 0 radical (unpaired) electrons. The van der Waals surface area contributed by atoms with E-state index in [-0.39, 0.29) is 30.0 Å². The first-order chi connectivity index (χ1) is 12.2. The number of hydrogen-bond donors (Lipinski definition) is 1. The fourth-order valence-corrected chi connectivity index (χ4v) is 3.11. The number of nitrogens with one attached hydrogen (secondary N) is 1. The largest absolute Gasteiger partial charge is 0.573 e. The van der Waals surface area contributed by atoms with Gasteiger partial charge in [-0.15, -0.1) is 13.2 Å². The molecule has 140 valence electrons. The Morgan fingerprint density at radius 1 is 1.12 bits per heavy atom. The zero-order valence-electron chi connectivity index (χ0n) is 13.6. The van der Waals surface area contributed by atoms with E-state index in [4.69, 9.17) is 0 Å². The summed E-state index contributed by atoms with van der Waals surface area (Å²) < 4.78 is 40.2. The summed E-state index contributed by atoms with van der Waals surface area (Å²) in [6.07, 6.45) is -3.87. The van der Waals surface area contributed by atoms with Crippen molar-refractivity contribution >= 4 is 17.8 Å². The number of carbonyl (C=O) groups excluding carboxylic acids is 3. The van der Waals surface area contributed by atoms with Crippen LogP contribution in [0.15, 0.2) is 24.3 Å². The van der Waals surface area contributed by atoms with Crippen molar-refractivity contribution < 1.29 is 32.3 Å². The molecule has 0 aromatic heterocycles. The average molecular weight is 371 g/mol. The van der Waals surface area contributed by atoms with Crippen LogP contribution in [0.2, 0.25) is 0 Å². The number of piperidine rings is 1. The minimum atomic E-state index is -4.79. The van der Waals surface area contributed by atoms with Crippen LogP contribution in [-0.4, -0.2) is 59.7 Å². The number of urea groups is 1. The van der Waals surface area contributed by atoms with Crippen LogP contribution in [0.4, 0.5) is 18.0 Å². The molecule has 0 spiro atoms. The minimum absolute atomic E-state index is 0.00960. The molecule has 0 bridgehead atoms. The maximum absolute atomic E-state index is 12.5. The van der Waals surface area contributed by atoms with Crippen LogP contribution < -0.4 is 10.1 Å². The first-order valence-electron chi connectivity index (χ1n) is 7.99. The summed E-state index contributed by atoms with van der Waals surface area (Å²) in [6, 6.07) is 4.04. The smallest absolute Gasteiger partial charge is 0.406 e. The SMILES string of the molecule is O=C(c1ccc(OC(F)(F)F)cc1)N1CCC(N2C(=O)CNC2=O)CC1. The van der Waals surface area contributed by atoms with Gasteiger partial charge in [-0.1, -0.05) is 0 Å². The van der Waals surface area contributed by atoms with E-state index in [1.54, 1.807) is 4.90 Å². The number of alkyl halides is 3. The molecule has 2 fully saturated rings. The Morgan fingerprint density at radius 3 is 2.23 bits per heavy atom. The highest BCUT2D eigenvalue weighted by molar-refractivity contribution is 6.02. The fraction of sp³-hybridized carbons (Fsp3) is 0.438. The number of halogens is 3. The van der Waals surface area contributed by atoms with E-state index < -0.39 is 18.1 Å². The van der Waals surface area contributed by atoms with Gasteiger partial charge in [-0.25, -0.2) is 4.79 Å². The van der Waals surface area contributed by atoms with Crippen molar-refractivity contribution in [2.24, 2.45) is 0 Å². The second-order valence-electron chi connectivity index (χ2n) is 6.02. The van der Waals surface area contributed by atoms with Crippen LogP contribution in [-0.2, 0) is 4.79 Å². The van der Waals surface area contributed by atoms with Gasteiger partial charge in [0.2, 0.25) is 5.91 Å². The normalized spacial score (nSPS) is 18.9. The van der Waals surface area contributed by atoms with Crippen LogP contribution in [0.1, 0.15) is 23.2 Å². The number of carbonyl (C=O) groups is 3. The highest BCUT2D eigenvalue weighted by Gasteiger charge is 2.37. The second kappa shape index (κ2) is 6.85. The number of imide groups is 1. The Labute approximate surface area is 146 Å². The molecule has 1 aromatic carbocycles. The van der Waals surface area contributed by atoms with Gasteiger partial charge < -0.3 is 15.0 Å². The highest BCUT2D eigenvalue weighted by Crippen LogP contribution is 2.24. The van der Waals surface area contributed by atoms with Gasteiger partial charge in [0, 0.05) is 24.7 Å². The van der Waals surface area contributed by atoms with E-state index in [1.807, 2.05) is 0 Å². The first kappa shape index (κ1) is 18.0. The summed E-state index contributed by atoms with van der Waals surface area (Å²) >= 11 is 0. The Morgan fingerprint density at radius 2 is 1.73 bits per heavy atom. The molecule has 7 nitrogen and oxygen atoms in total. The molecular formula is C16H16F3N3O4. The molecule has 4 amide bonds. The summed E-state index contributed by atoms with van der Waals surface area (Å²) in [7, 11) is 0. The zero-order chi connectivity index (χ0) is 18.9. The Bertz CT molecular complexity index is 696. The molecule has 1 aromatic rings. The molecule has 2 saturated heterocycles. The highest BCUT2D eigenvalue weighted by atomic mass is 19.4. The molecule has 26 heavy (non-hydrogen) atoms. The van der Waals surface area contributed by atoms with Crippen molar-refractivity contribution in [3.8, 4) is 5.75 Å². The summed E-state index contributed by atoms with van der Waals surface area (Å²) in [4.78, 5) is 38.6. The molecule has 2 aliphatic heterocycles. The number of ether oxygens (including phenoxy) is 1. The number of amides is 4. The van der Waals surface area contributed by atoms with Crippen molar-refractivity contribution in [1.29, 1.82) is 0 Å². The Balaban J connectivity index is 1.58. The third-order valence-corrected chi connectivity index (χ3v) is 4.33. The summed E-state index contributed by atoms with van der Waals surface area (Å²) in [5.41, 5.74) is 0.243. The molecule has 0 atom stereocenters. The second-order valence-corrected chi connectivity index (χ2v) is 6.02. The van der Waals surface area contributed by atoms with E-state index in [0.29, 0.717) is 25.9 Å². The van der Waals surface area contributed by atoms with Crippen molar-refractivity contribution in [2.45, 2.75) is 25.2 Å². The molecule has 0 unspecified atom stereocenters. The fourth-order valence-electron chi connectivity index (χ4n) is 3.11. The molecule has 0 aliphatic carbocycles. The lowest BCUT2D eigenvalue weighted by Gasteiger charge is -2.35. The van der Waals surface area contributed by atoms with Crippen molar-refractivity contribution in [1.82, 2.24) is 15.1 Å². The summed E-state index contributed by atoms with van der Waals surface area (Å²) in [5.74, 6) is -0.995. The molecule has 2 heterocycles. The number of nitrogens with zero attached hydrogens (tertiary/aromatic N) is 2. The molecule has 2 aliphatic rings. The van der Waals surface area contributed by atoms with Gasteiger partial charge in [-0.3, -0.25) is 14.5 Å². The lowest BCUT2D eigenvalue weighted by molar-refractivity contribution is -0.274. The molecule has 1 N–H and O–H groups in total. The third kappa shape index (κ3) is 3.89.